The highest BCUT2D eigenvalue weighted by Gasteiger charge is 2.55. The maximum absolute atomic E-state index is 12.1. The minimum atomic E-state index is -0.492. The molecule has 21 heavy (non-hydrogen) atoms. The third kappa shape index (κ3) is 3.48. The molecule has 6 nitrogen and oxygen atoms in total. The lowest BCUT2D eigenvalue weighted by Gasteiger charge is -2.55. The fourth-order valence-corrected chi connectivity index (χ4v) is 3.10. The van der Waals surface area contributed by atoms with Crippen LogP contribution in [0.15, 0.2) is 0 Å². The van der Waals surface area contributed by atoms with Crippen LogP contribution in [-0.2, 0) is 14.3 Å². The normalized spacial score (nSPS) is 24.4. The van der Waals surface area contributed by atoms with E-state index in [2.05, 4.69) is 5.32 Å². The number of nitrogens with zero attached hydrogens (tertiary/aromatic N) is 1. The van der Waals surface area contributed by atoms with E-state index in [-0.39, 0.29) is 23.4 Å². The number of piperidine rings is 1. The maximum atomic E-state index is 12.1. The van der Waals surface area contributed by atoms with Gasteiger partial charge in [0.2, 0.25) is 0 Å². The van der Waals surface area contributed by atoms with E-state index in [0.29, 0.717) is 26.2 Å². The first-order chi connectivity index (χ1) is 9.77. The SMILES string of the molecule is CCOC(=O)[C@H]1CNCCC12CN(C(=O)OC(C)(C)C)C2. The topological polar surface area (TPSA) is 67.9 Å². The van der Waals surface area contributed by atoms with Crippen molar-refractivity contribution in [3.8, 4) is 0 Å². The molecule has 0 aromatic rings. The van der Waals surface area contributed by atoms with Gasteiger partial charge in [0, 0.05) is 25.0 Å². The molecule has 2 aliphatic rings. The molecule has 0 aliphatic carbocycles. The van der Waals surface area contributed by atoms with Gasteiger partial charge in [0.25, 0.3) is 0 Å². The molecule has 0 bridgehead atoms. The number of ether oxygens (including phenoxy) is 2. The molecule has 0 aromatic heterocycles. The fourth-order valence-electron chi connectivity index (χ4n) is 3.10. The zero-order valence-electron chi connectivity index (χ0n) is 13.4. The van der Waals surface area contributed by atoms with E-state index in [9.17, 15) is 9.59 Å². The Morgan fingerprint density at radius 2 is 2.00 bits per heavy atom. The average Bonchev–Trinajstić information content (AvgIpc) is 2.33. The monoisotopic (exact) mass is 298 g/mol. The van der Waals surface area contributed by atoms with Crippen LogP contribution in [0.4, 0.5) is 4.79 Å². The second kappa shape index (κ2) is 5.83. The van der Waals surface area contributed by atoms with E-state index in [4.69, 9.17) is 9.47 Å². The standard InChI is InChI=1S/C15H26N2O4/c1-5-20-12(18)11-8-16-7-6-15(11)9-17(10-15)13(19)21-14(2,3)4/h11,16H,5-10H2,1-4H3/t11-/m1/s1. The van der Waals surface area contributed by atoms with Gasteiger partial charge in [-0.3, -0.25) is 4.79 Å². The highest BCUT2D eigenvalue weighted by Crippen LogP contribution is 2.43. The molecule has 1 N–H and O–H groups in total. The van der Waals surface area contributed by atoms with Crippen LogP contribution in [0.5, 0.6) is 0 Å². The predicted octanol–water partition coefficient (Wildman–Crippen LogP) is 1.40. The number of amides is 1. The van der Waals surface area contributed by atoms with Gasteiger partial charge in [0.05, 0.1) is 12.5 Å². The van der Waals surface area contributed by atoms with Gasteiger partial charge < -0.3 is 19.7 Å². The number of carbonyl (C=O) groups excluding carboxylic acids is 2. The van der Waals surface area contributed by atoms with E-state index in [0.717, 1.165) is 13.0 Å². The fraction of sp³-hybridized carbons (Fsp3) is 0.867. The number of hydrogen-bond donors (Lipinski definition) is 1. The molecule has 2 heterocycles. The van der Waals surface area contributed by atoms with E-state index < -0.39 is 5.60 Å². The Kier molecular flexibility index (Phi) is 4.46. The number of hydrogen-bond acceptors (Lipinski definition) is 5. The third-order valence-corrected chi connectivity index (χ3v) is 4.12. The van der Waals surface area contributed by atoms with Crippen LogP contribution in [0.3, 0.4) is 0 Å². The Balaban J connectivity index is 1.97. The van der Waals surface area contributed by atoms with Gasteiger partial charge in [0.1, 0.15) is 5.60 Å². The van der Waals surface area contributed by atoms with E-state index >= 15 is 0 Å². The Hall–Kier alpha value is -1.30. The lowest BCUT2D eigenvalue weighted by molar-refractivity contribution is -0.162. The molecule has 2 fully saturated rings. The van der Waals surface area contributed by atoms with Crippen LogP contribution in [0.2, 0.25) is 0 Å². The second-order valence-corrected chi connectivity index (χ2v) is 6.96. The Morgan fingerprint density at radius 1 is 1.33 bits per heavy atom. The zero-order chi connectivity index (χ0) is 15.7. The molecule has 0 aromatic carbocycles. The van der Waals surface area contributed by atoms with Crippen molar-refractivity contribution in [2.75, 3.05) is 32.8 Å². The van der Waals surface area contributed by atoms with Gasteiger partial charge >= 0.3 is 12.1 Å². The van der Waals surface area contributed by atoms with Crippen molar-refractivity contribution >= 4 is 12.1 Å². The molecule has 0 unspecified atom stereocenters. The Labute approximate surface area is 126 Å². The largest absolute Gasteiger partial charge is 0.466 e. The minimum Gasteiger partial charge on any atom is -0.466 e. The van der Waals surface area contributed by atoms with Crippen LogP contribution in [0.1, 0.15) is 34.1 Å². The summed E-state index contributed by atoms with van der Waals surface area (Å²) in [6, 6.07) is 0. The summed E-state index contributed by atoms with van der Waals surface area (Å²) in [6.07, 6.45) is 0.588. The summed E-state index contributed by atoms with van der Waals surface area (Å²) in [5.74, 6) is -0.335. The second-order valence-electron chi connectivity index (χ2n) is 6.96. The van der Waals surface area contributed by atoms with Crippen LogP contribution in [0.25, 0.3) is 0 Å². The molecule has 0 radical (unpaired) electrons. The quantitative estimate of drug-likeness (QED) is 0.780. The zero-order valence-corrected chi connectivity index (χ0v) is 13.4. The lowest BCUT2D eigenvalue weighted by atomic mass is 9.65. The summed E-state index contributed by atoms with van der Waals surface area (Å²) in [5, 5.41) is 3.24. The lowest BCUT2D eigenvalue weighted by Crippen LogP contribution is -2.67. The summed E-state index contributed by atoms with van der Waals surface area (Å²) in [5.41, 5.74) is -0.636. The van der Waals surface area contributed by atoms with Crippen LogP contribution in [-0.4, -0.2) is 55.3 Å². The van der Waals surface area contributed by atoms with Crippen LogP contribution < -0.4 is 5.32 Å². The van der Waals surface area contributed by atoms with E-state index in [1.54, 1.807) is 4.90 Å². The first-order valence-corrected chi connectivity index (χ1v) is 7.63. The van der Waals surface area contributed by atoms with E-state index in [1.165, 1.54) is 0 Å². The number of carbonyl (C=O) groups is 2. The summed E-state index contributed by atoms with van der Waals surface area (Å²) < 4.78 is 10.5. The van der Waals surface area contributed by atoms with Gasteiger partial charge in [-0.25, -0.2) is 4.79 Å². The van der Waals surface area contributed by atoms with Gasteiger partial charge in [-0.15, -0.1) is 0 Å². The molecular weight excluding hydrogens is 272 g/mol. The van der Waals surface area contributed by atoms with Crippen molar-refractivity contribution in [3.63, 3.8) is 0 Å². The minimum absolute atomic E-state index is 0.144. The first-order valence-electron chi connectivity index (χ1n) is 7.63. The molecule has 1 atom stereocenters. The van der Waals surface area contributed by atoms with Crippen LogP contribution in [0, 0.1) is 11.3 Å². The van der Waals surface area contributed by atoms with Gasteiger partial charge in [-0.2, -0.15) is 0 Å². The van der Waals surface area contributed by atoms with Crippen molar-refractivity contribution in [2.24, 2.45) is 11.3 Å². The molecule has 120 valence electrons. The Morgan fingerprint density at radius 3 is 2.57 bits per heavy atom. The van der Waals surface area contributed by atoms with Gasteiger partial charge in [-0.05, 0) is 40.7 Å². The van der Waals surface area contributed by atoms with Gasteiger partial charge in [-0.1, -0.05) is 0 Å². The maximum Gasteiger partial charge on any atom is 0.410 e. The summed E-state index contributed by atoms with van der Waals surface area (Å²) in [4.78, 5) is 25.8. The van der Waals surface area contributed by atoms with Crippen molar-refractivity contribution in [1.29, 1.82) is 0 Å². The predicted molar refractivity (Wildman–Crippen MR) is 77.8 cm³/mol. The number of esters is 1. The van der Waals surface area contributed by atoms with Crippen molar-refractivity contribution in [3.05, 3.63) is 0 Å². The number of nitrogens with one attached hydrogen (secondary N) is 1. The highest BCUT2D eigenvalue weighted by atomic mass is 16.6. The molecule has 2 aliphatic heterocycles. The third-order valence-electron chi connectivity index (χ3n) is 4.12. The number of rotatable bonds is 2. The summed E-state index contributed by atoms with van der Waals surface area (Å²) >= 11 is 0. The van der Waals surface area contributed by atoms with Crippen molar-refractivity contribution < 1.29 is 19.1 Å². The molecule has 1 spiro atoms. The molecule has 2 saturated heterocycles. The number of likely N-dealkylation sites (tertiary alicyclic amines) is 1. The summed E-state index contributed by atoms with van der Waals surface area (Å²) in [6.45, 7) is 10.4. The first kappa shape index (κ1) is 16.1. The molecule has 6 heteroatoms. The Bertz CT molecular complexity index is 410. The molecule has 1 amide bonds. The molecule has 0 saturated carbocycles. The van der Waals surface area contributed by atoms with Gasteiger partial charge in [0.15, 0.2) is 0 Å². The smallest absolute Gasteiger partial charge is 0.410 e. The van der Waals surface area contributed by atoms with Crippen molar-refractivity contribution in [1.82, 2.24) is 10.2 Å². The molecule has 2 rings (SSSR count). The van der Waals surface area contributed by atoms with E-state index in [1.807, 2.05) is 27.7 Å². The highest BCUT2D eigenvalue weighted by molar-refractivity contribution is 5.76. The molecular formula is C15H26N2O4. The van der Waals surface area contributed by atoms with Crippen molar-refractivity contribution in [2.45, 2.75) is 39.7 Å². The summed E-state index contributed by atoms with van der Waals surface area (Å²) in [7, 11) is 0. The van der Waals surface area contributed by atoms with Crippen LogP contribution >= 0.6 is 0 Å². The average molecular weight is 298 g/mol.